The van der Waals surface area contributed by atoms with Crippen molar-refractivity contribution < 1.29 is 52.7 Å². The van der Waals surface area contributed by atoms with Gasteiger partial charge in [-0.2, -0.15) is 32.1 Å². The minimum absolute atomic E-state index is 0.0714. The maximum Gasteiger partial charge on any atom is 0.408 e. The number of amides is 1. The molecular weight excluding hydrogens is 947 g/mol. The highest BCUT2D eigenvalue weighted by atomic mass is 35.5. The number of fused-ring (bicyclic) bond motifs is 5. The molecule has 14 nitrogen and oxygen atoms in total. The van der Waals surface area contributed by atoms with E-state index in [1.165, 1.54) is 18.2 Å². The van der Waals surface area contributed by atoms with Crippen molar-refractivity contribution in [2.24, 2.45) is 5.92 Å². The van der Waals surface area contributed by atoms with Gasteiger partial charge in [-0.3, -0.25) is 28.2 Å². The topological polar surface area (TPSA) is 172 Å². The average molecular weight is 979 g/mol. The van der Waals surface area contributed by atoms with Crippen molar-refractivity contribution >= 4 is 55.2 Å². The van der Waals surface area contributed by atoms with E-state index in [4.69, 9.17) is 16.6 Å². The Labute approximate surface area is 376 Å². The van der Waals surface area contributed by atoms with Crippen molar-refractivity contribution in [3.8, 4) is 17.1 Å². The third-order valence-electron chi connectivity index (χ3n) is 11.3. The lowest BCUT2D eigenvalue weighted by Crippen LogP contribution is -2.38. The number of nitrogens with zero attached hydrogens (tertiary/aromatic N) is 8. The lowest BCUT2D eigenvalue weighted by atomic mass is 10.0. The number of nitrogens with one attached hydrogen (secondary N) is 2. The Morgan fingerprint density at radius 1 is 0.955 bits per heavy atom. The Balaban J connectivity index is 1.30. The molecule has 4 aromatic heterocycles. The van der Waals surface area contributed by atoms with Crippen LogP contribution in [0, 0.1) is 31.4 Å². The van der Waals surface area contributed by atoms with Crippen LogP contribution < -0.4 is 15.6 Å². The summed E-state index contributed by atoms with van der Waals surface area (Å²) in [4.78, 5) is 42.9. The highest BCUT2D eigenvalue weighted by Crippen LogP contribution is 2.68. The zero-order valence-corrected chi connectivity index (χ0v) is 36.3. The molecule has 4 heterocycles. The number of alkyl halides is 7. The van der Waals surface area contributed by atoms with E-state index in [9.17, 15) is 43.9 Å². The van der Waals surface area contributed by atoms with Gasteiger partial charge in [-0.25, -0.2) is 40.9 Å². The molecule has 7 aromatic rings. The maximum absolute atomic E-state index is 15.6. The summed E-state index contributed by atoms with van der Waals surface area (Å²) in [5, 5.41) is 9.15. The van der Waals surface area contributed by atoms with E-state index in [1.54, 1.807) is 19.9 Å². The molecule has 0 aliphatic heterocycles. The molecule has 1 amide bonds. The molecule has 1 unspecified atom stereocenters. The van der Waals surface area contributed by atoms with Gasteiger partial charge in [0.15, 0.2) is 11.6 Å². The zero-order chi connectivity index (χ0) is 48.2. The average Bonchev–Trinajstić information content (AvgIpc) is 3.73. The smallest absolute Gasteiger partial charge is 0.344 e. The molecule has 0 radical (unpaired) electrons. The van der Waals surface area contributed by atoms with E-state index in [0.29, 0.717) is 38.6 Å². The van der Waals surface area contributed by atoms with Gasteiger partial charge in [0.2, 0.25) is 15.9 Å². The number of hydrogen-bond acceptors (Lipinski definition) is 9. The minimum atomic E-state index is -5.02. The van der Waals surface area contributed by atoms with Crippen molar-refractivity contribution in [3.05, 3.63) is 121 Å². The van der Waals surface area contributed by atoms with Crippen LogP contribution in [-0.4, -0.2) is 65.8 Å². The molecule has 2 N–H and O–H groups in total. The SMILES string of the molecule is Cc1cc(C)nc(-c2ccc3c(=O)n(-c4ccc(Cl)c5c(NS(C)(=O)=O)nn(CC(F)(F)F)c45)c(C(Cc4cc(F)cc(F)c4)NC(=O)Cn4nc(C(F)F)c5c4C(F)(F)[C@@H]4C[C@H]54)nc3c2)n1. The highest BCUT2D eigenvalue weighted by molar-refractivity contribution is 7.92. The molecule has 0 bridgehead atoms. The maximum atomic E-state index is 15.6. The summed E-state index contributed by atoms with van der Waals surface area (Å²) >= 11 is 6.53. The first-order chi connectivity index (χ1) is 31.4. The summed E-state index contributed by atoms with van der Waals surface area (Å²) in [5.74, 6) is -10.2. The number of hydrogen-bond donors (Lipinski definition) is 2. The number of carbonyl (C=O) groups excluding carboxylic acids is 1. The first kappa shape index (κ1) is 45.6. The molecule has 350 valence electrons. The third kappa shape index (κ3) is 8.55. The second-order valence-electron chi connectivity index (χ2n) is 16.4. The molecule has 25 heteroatoms. The number of sulfonamides is 1. The first-order valence-electron chi connectivity index (χ1n) is 20.0. The van der Waals surface area contributed by atoms with E-state index in [0.717, 1.165) is 28.8 Å². The van der Waals surface area contributed by atoms with E-state index in [1.807, 2.05) is 4.72 Å². The molecule has 3 aromatic carbocycles. The lowest BCUT2D eigenvalue weighted by molar-refractivity contribution is -0.141. The summed E-state index contributed by atoms with van der Waals surface area (Å²) in [6.07, 6.45) is -8.33. The van der Waals surface area contributed by atoms with E-state index >= 15 is 13.6 Å². The predicted octanol–water partition coefficient (Wildman–Crippen LogP) is 8.12. The van der Waals surface area contributed by atoms with Gasteiger partial charge < -0.3 is 5.32 Å². The number of rotatable bonds is 12. The summed E-state index contributed by atoms with van der Waals surface area (Å²) in [6, 6.07) is 8.59. The summed E-state index contributed by atoms with van der Waals surface area (Å²) in [7, 11) is -4.24. The Bertz CT molecular complexity index is 3350. The summed E-state index contributed by atoms with van der Waals surface area (Å²) in [6.45, 7) is 0.435. The Hall–Kier alpha value is -6.56. The largest absolute Gasteiger partial charge is 0.408 e. The molecule has 0 spiro atoms. The van der Waals surface area contributed by atoms with Crippen molar-refractivity contribution in [1.29, 1.82) is 0 Å². The number of aromatic nitrogens is 8. The molecule has 2 aliphatic carbocycles. The fourth-order valence-electron chi connectivity index (χ4n) is 8.76. The van der Waals surface area contributed by atoms with Crippen molar-refractivity contribution in [2.75, 3.05) is 11.0 Å². The summed E-state index contributed by atoms with van der Waals surface area (Å²) in [5.41, 5.74) is -3.10. The molecule has 3 atom stereocenters. The fraction of sp³-hybridized carbons (Fsp3) is 0.310. The van der Waals surface area contributed by atoms with Crippen molar-refractivity contribution in [2.45, 2.75) is 70.3 Å². The molecule has 1 fully saturated rings. The molecule has 67 heavy (non-hydrogen) atoms. The van der Waals surface area contributed by atoms with Gasteiger partial charge in [-0.05, 0) is 74.2 Å². The molecule has 2 aliphatic rings. The number of halogens is 10. The lowest BCUT2D eigenvalue weighted by Gasteiger charge is -2.24. The number of anilines is 1. The third-order valence-corrected chi connectivity index (χ3v) is 12.2. The van der Waals surface area contributed by atoms with Crippen LogP contribution in [0.3, 0.4) is 0 Å². The Morgan fingerprint density at radius 2 is 1.64 bits per heavy atom. The highest BCUT2D eigenvalue weighted by Gasteiger charge is 2.67. The second-order valence-corrected chi connectivity index (χ2v) is 18.5. The van der Waals surface area contributed by atoms with Gasteiger partial charge in [0.05, 0.1) is 44.8 Å². The molecule has 0 saturated heterocycles. The van der Waals surface area contributed by atoms with Gasteiger partial charge in [0, 0.05) is 40.9 Å². The number of aryl methyl sites for hydroxylation is 2. The van der Waals surface area contributed by atoms with E-state index in [-0.39, 0.29) is 39.3 Å². The van der Waals surface area contributed by atoms with E-state index < -0.39 is 129 Å². The van der Waals surface area contributed by atoms with Gasteiger partial charge in [-0.15, -0.1) is 0 Å². The van der Waals surface area contributed by atoms with Crippen LogP contribution in [-0.2, 0) is 40.3 Å². The molecule has 1 saturated carbocycles. The van der Waals surface area contributed by atoms with Crippen LogP contribution in [0.2, 0.25) is 5.02 Å². The predicted molar refractivity (Wildman–Crippen MR) is 224 cm³/mol. The first-order valence-corrected chi connectivity index (χ1v) is 22.3. The van der Waals surface area contributed by atoms with Crippen LogP contribution in [0.1, 0.15) is 64.5 Å². The Morgan fingerprint density at radius 3 is 2.28 bits per heavy atom. The monoisotopic (exact) mass is 978 g/mol. The fourth-order valence-corrected chi connectivity index (χ4v) is 9.50. The van der Waals surface area contributed by atoms with Gasteiger partial charge in [0.25, 0.3) is 17.9 Å². The minimum Gasteiger partial charge on any atom is -0.344 e. The van der Waals surface area contributed by atoms with Crippen LogP contribution in [0.25, 0.3) is 38.9 Å². The Kier molecular flexibility index (Phi) is 10.9. The standard InChI is InChI=1S/C42H32ClF9N10O4S/c1-17-8-18(2)54-37(53-17)20-4-5-23-27(12-20)56-39(62(40(23)64)29-7-6-26(43)32-34(29)61(16-41(48,49)50)58-38(32)59-67(3,65)66)28(11-19-9-21(44)13-22(45)10-19)55-30(63)15-60-35-31(33(57-60)36(46)47)24-14-25(24)42(35,51)52/h4-10,12-13,24-25,28,36H,11,14-16H2,1-3H3,(H,55,63)(H,58,59)/t24-,25+,28?/m0/s1. The zero-order valence-electron chi connectivity index (χ0n) is 34.7. The van der Waals surface area contributed by atoms with Crippen LogP contribution in [0.15, 0.2) is 59.4 Å². The normalized spacial score (nSPS) is 17.0. The molecule has 9 rings (SSSR count). The molecular formula is C42H32ClF9N10O4S. The summed E-state index contributed by atoms with van der Waals surface area (Å²) < 4.78 is 160. The number of benzene rings is 3. The van der Waals surface area contributed by atoms with E-state index in [2.05, 4.69) is 25.5 Å². The quantitative estimate of drug-likeness (QED) is 0.115. The van der Waals surface area contributed by atoms with Crippen molar-refractivity contribution in [1.82, 2.24) is 44.4 Å². The second kappa shape index (κ2) is 16.1. The van der Waals surface area contributed by atoms with Crippen LogP contribution in [0.5, 0.6) is 0 Å². The van der Waals surface area contributed by atoms with Crippen LogP contribution >= 0.6 is 11.6 Å². The van der Waals surface area contributed by atoms with Crippen molar-refractivity contribution in [3.63, 3.8) is 0 Å². The van der Waals surface area contributed by atoms with Gasteiger partial charge >= 0.3 is 6.18 Å². The van der Waals surface area contributed by atoms with Gasteiger partial charge in [-0.1, -0.05) is 17.7 Å². The van der Waals surface area contributed by atoms with Gasteiger partial charge in [0.1, 0.15) is 41.9 Å². The number of carbonyl (C=O) groups is 1. The van der Waals surface area contributed by atoms with Crippen LogP contribution in [0.4, 0.5) is 45.3 Å².